The second kappa shape index (κ2) is 8.01. The zero-order valence-corrected chi connectivity index (χ0v) is 19.5. The number of nitrogen functional groups attached to an aromatic ring is 1. The van der Waals surface area contributed by atoms with Crippen LogP contribution in [0.3, 0.4) is 0 Å². The Balaban J connectivity index is 1.65. The highest BCUT2D eigenvalue weighted by Gasteiger charge is 2.29. The van der Waals surface area contributed by atoms with Gasteiger partial charge in [-0.15, -0.1) is 0 Å². The highest BCUT2D eigenvalue weighted by Crippen LogP contribution is 2.45. The van der Waals surface area contributed by atoms with Crippen LogP contribution < -0.4 is 5.73 Å². The van der Waals surface area contributed by atoms with E-state index in [9.17, 15) is 4.79 Å². The molecule has 0 unspecified atom stereocenters. The van der Waals surface area contributed by atoms with Crippen LogP contribution in [0.5, 0.6) is 0 Å². The second-order valence-electron chi connectivity index (χ2n) is 8.34. The molecule has 0 bridgehead atoms. The maximum Gasteiger partial charge on any atom is 0.230 e. The van der Waals surface area contributed by atoms with Crippen molar-refractivity contribution in [2.24, 2.45) is 0 Å². The highest BCUT2D eigenvalue weighted by molar-refractivity contribution is 6.31. The molecule has 6 rings (SSSR count). The first-order valence-electron chi connectivity index (χ1n) is 10.9. The number of ketones is 1. The molecule has 2 heterocycles. The van der Waals surface area contributed by atoms with E-state index in [2.05, 4.69) is 12.1 Å². The van der Waals surface area contributed by atoms with E-state index in [1.165, 1.54) is 5.56 Å². The number of furan rings is 1. The van der Waals surface area contributed by atoms with E-state index in [1.54, 1.807) is 24.3 Å². The average molecular weight is 485 g/mol. The van der Waals surface area contributed by atoms with Crippen molar-refractivity contribution in [3.05, 3.63) is 105 Å². The number of carbonyl (C=O) groups excluding carboxylic acids is 1. The van der Waals surface area contributed by atoms with Gasteiger partial charge in [0.25, 0.3) is 0 Å². The minimum Gasteiger partial charge on any atom is -0.432 e. The lowest BCUT2D eigenvalue weighted by molar-refractivity contribution is 0.101. The summed E-state index contributed by atoms with van der Waals surface area (Å²) in [6.07, 6.45) is 1.70. The van der Waals surface area contributed by atoms with E-state index in [-0.39, 0.29) is 17.2 Å². The summed E-state index contributed by atoms with van der Waals surface area (Å²) in [5.74, 6) is -0.233. The maximum atomic E-state index is 13.3. The van der Waals surface area contributed by atoms with E-state index in [4.69, 9.17) is 38.3 Å². The number of hydrogen-bond acceptors (Lipinski definition) is 4. The number of pyridine rings is 1. The first-order chi connectivity index (χ1) is 16.5. The monoisotopic (exact) mass is 484 g/mol. The van der Waals surface area contributed by atoms with Gasteiger partial charge in [0, 0.05) is 26.7 Å². The summed E-state index contributed by atoms with van der Waals surface area (Å²) in [5.41, 5.74) is 13.8. The molecule has 3 aromatic carbocycles. The predicted octanol–water partition coefficient (Wildman–Crippen LogP) is 7.38. The molecule has 0 spiro atoms. The van der Waals surface area contributed by atoms with Gasteiger partial charge in [-0.25, -0.2) is 4.98 Å². The standard InChI is InChI=1S/C28H18Cl2N2O2/c29-18-10-5-16(6-11-18)22-21-14-9-15-3-1-2-4-20(15)25(21)32-28-23(22)24(31)27(34-28)26(33)17-7-12-19(30)13-8-17/h1-8,10-13H,9,14,31H2. The summed E-state index contributed by atoms with van der Waals surface area (Å²) in [6.45, 7) is 0. The van der Waals surface area contributed by atoms with Crippen LogP contribution in [0.15, 0.2) is 77.2 Å². The molecule has 0 amide bonds. The van der Waals surface area contributed by atoms with Crippen LogP contribution in [0.25, 0.3) is 33.5 Å². The summed E-state index contributed by atoms with van der Waals surface area (Å²) >= 11 is 12.2. The van der Waals surface area contributed by atoms with Gasteiger partial charge in [0.1, 0.15) is 0 Å². The first-order valence-corrected chi connectivity index (χ1v) is 11.7. The van der Waals surface area contributed by atoms with Crippen molar-refractivity contribution in [1.29, 1.82) is 0 Å². The fourth-order valence-electron chi connectivity index (χ4n) is 4.72. The molecule has 4 nitrogen and oxygen atoms in total. The number of rotatable bonds is 3. The van der Waals surface area contributed by atoms with Gasteiger partial charge in [-0.2, -0.15) is 0 Å². The van der Waals surface area contributed by atoms with E-state index < -0.39 is 0 Å². The van der Waals surface area contributed by atoms with Crippen molar-refractivity contribution >= 4 is 45.8 Å². The Kier molecular flexibility index (Phi) is 4.94. The minimum absolute atomic E-state index is 0.0793. The molecule has 0 atom stereocenters. The average Bonchev–Trinajstić information content (AvgIpc) is 3.19. The van der Waals surface area contributed by atoms with Crippen molar-refractivity contribution in [2.75, 3.05) is 5.73 Å². The number of carbonyl (C=O) groups is 1. The van der Waals surface area contributed by atoms with Gasteiger partial charge < -0.3 is 10.2 Å². The third-order valence-electron chi connectivity index (χ3n) is 6.34. The van der Waals surface area contributed by atoms with Gasteiger partial charge >= 0.3 is 0 Å². The van der Waals surface area contributed by atoms with E-state index in [0.717, 1.165) is 40.8 Å². The van der Waals surface area contributed by atoms with E-state index in [1.807, 2.05) is 36.4 Å². The molecule has 2 N–H and O–H groups in total. The molecular weight excluding hydrogens is 467 g/mol. The van der Waals surface area contributed by atoms with Crippen LogP contribution in [0.1, 0.15) is 27.2 Å². The van der Waals surface area contributed by atoms with Crippen molar-refractivity contribution < 1.29 is 9.21 Å². The van der Waals surface area contributed by atoms with Crippen LogP contribution in [0, 0.1) is 0 Å². The highest BCUT2D eigenvalue weighted by atomic mass is 35.5. The fraction of sp³-hybridized carbons (Fsp3) is 0.0714. The molecule has 6 heteroatoms. The molecule has 166 valence electrons. The fourth-order valence-corrected chi connectivity index (χ4v) is 4.97. The third-order valence-corrected chi connectivity index (χ3v) is 6.84. The number of aromatic nitrogens is 1. The number of anilines is 1. The van der Waals surface area contributed by atoms with Crippen molar-refractivity contribution in [2.45, 2.75) is 12.8 Å². The number of aryl methyl sites for hydroxylation is 1. The smallest absolute Gasteiger partial charge is 0.230 e. The number of benzene rings is 3. The Morgan fingerprint density at radius 1 is 0.882 bits per heavy atom. The second-order valence-corrected chi connectivity index (χ2v) is 9.21. The maximum absolute atomic E-state index is 13.3. The van der Waals surface area contributed by atoms with Crippen molar-refractivity contribution in [3.63, 3.8) is 0 Å². The normalized spacial score (nSPS) is 12.4. The van der Waals surface area contributed by atoms with Crippen LogP contribution in [0.4, 0.5) is 5.69 Å². The number of nitrogens with zero attached hydrogens (tertiary/aromatic N) is 1. The Hall–Kier alpha value is -3.60. The molecule has 0 aliphatic heterocycles. The van der Waals surface area contributed by atoms with E-state index >= 15 is 0 Å². The van der Waals surface area contributed by atoms with Crippen molar-refractivity contribution in [3.8, 4) is 22.4 Å². The molecule has 0 saturated heterocycles. The molecule has 0 saturated carbocycles. The van der Waals surface area contributed by atoms with Gasteiger partial charge in [0.15, 0.2) is 0 Å². The van der Waals surface area contributed by atoms with Gasteiger partial charge in [-0.05, 0) is 65.9 Å². The Labute approximate surface area is 205 Å². The van der Waals surface area contributed by atoms with Gasteiger partial charge in [0.2, 0.25) is 17.3 Å². The zero-order valence-electron chi connectivity index (χ0n) is 17.9. The molecule has 34 heavy (non-hydrogen) atoms. The number of nitrogens with two attached hydrogens (primary N) is 1. The predicted molar refractivity (Wildman–Crippen MR) is 137 cm³/mol. The summed E-state index contributed by atoms with van der Waals surface area (Å²) in [4.78, 5) is 18.2. The quantitative estimate of drug-likeness (QED) is 0.271. The first kappa shape index (κ1) is 21.0. The van der Waals surface area contributed by atoms with Crippen LogP contribution >= 0.6 is 23.2 Å². The summed E-state index contributed by atoms with van der Waals surface area (Å²) < 4.78 is 6.07. The SMILES string of the molecule is Nc1c(C(=O)c2ccc(Cl)cc2)oc2nc3c(c(-c4ccc(Cl)cc4)c12)CCc1ccccc1-3. The van der Waals surface area contributed by atoms with Gasteiger partial charge in [-0.3, -0.25) is 4.79 Å². The van der Waals surface area contributed by atoms with Crippen molar-refractivity contribution in [1.82, 2.24) is 4.98 Å². The van der Waals surface area contributed by atoms with Gasteiger partial charge in [0.05, 0.1) is 16.8 Å². The Morgan fingerprint density at radius 3 is 2.29 bits per heavy atom. The molecule has 1 aliphatic rings. The van der Waals surface area contributed by atoms with Crippen LogP contribution in [-0.4, -0.2) is 10.8 Å². The molecule has 2 aromatic heterocycles. The minimum atomic E-state index is -0.312. The summed E-state index contributed by atoms with van der Waals surface area (Å²) in [5, 5.41) is 1.84. The number of hydrogen-bond donors (Lipinski definition) is 1. The van der Waals surface area contributed by atoms with E-state index in [0.29, 0.717) is 26.7 Å². The third kappa shape index (κ3) is 3.30. The molecule has 0 fully saturated rings. The van der Waals surface area contributed by atoms with Crippen LogP contribution in [-0.2, 0) is 12.8 Å². The molecule has 1 aliphatic carbocycles. The number of fused-ring (bicyclic) bond motifs is 4. The summed E-state index contributed by atoms with van der Waals surface area (Å²) in [6, 6.07) is 22.5. The lowest BCUT2D eigenvalue weighted by Gasteiger charge is -2.22. The number of halogens is 2. The van der Waals surface area contributed by atoms with Gasteiger partial charge in [-0.1, -0.05) is 59.6 Å². The largest absolute Gasteiger partial charge is 0.432 e. The Bertz CT molecular complexity index is 1590. The lowest BCUT2D eigenvalue weighted by Crippen LogP contribution is -2.08. The Morgan fingerprint density at radius 2 is 1.56 bits per heavy atom. The molecule has 0 radical (unpaired) electrons. The lowest BCUT2D eigenvalue weighted by atomic mass is 9.84. The molecular formula is C28H18Cl2N2O2. The zero-order chi connectivity index (χ0) is 23.4. The van der Waals surface area contributed by atoms with Crippen LogP contribution in [0.2, 0.25) is 10.0 Å². The molecule has 5 aromatic rings. The summed E-state index contributed by atoms with van der Waals surface area (Å²) in [7, 11) is 0. The topological polar surface area (TPSA) is 69.1 Å².